The maximum atomic E-state index is 11.3. The average molecular weight is 474 g/mol. The van der Waals surface area contributed by atoms with E-state index in [4.69, 9.17) is 28.2 Å². The van der Waals surface area contributed by atoms with Crippen molar-refractivity contribution in [3.8, 4) is 11.1 Å². The molecule has 0 atom stereocenters. The Morgan fingerprint density at radius 3 is 2.38 bits per heavy atom. The molecule has 1 aliphatic rings. The Morgan fingerprint density at radius 1 is 1.06 bits per heavy atom. The van der Waals surface area contributed by atoms with Crippen LogP contribution in [0.25, 0.3) is 11.1 Å². The molecular weight excluding hydrogens is 449 g/mol. The van der Waals surface area contributed by atoms with Gasteiger partial charge in [0.15, 0.2) is 0 Å². The molecule has 0 spiro atoms. The molecule has 168 valence electrons. The van der Waals surface area contributed by atoms with Crippen molar-refractivity contribution in [2.45, 2.75) is 44.7 Å². The summed E-state index contributed by atoms with van der Waals surface area (Å²) in [6, 6.07) is 5.69. The molecule has 2 aromatic heterocycles. The molecule has 0 saturated heterocycles. The van der Waals surface area contributed by atoms with Crippen molar-refractivity contribution in [2.75, 3.05) is 10.6 Å². The number of anilines is 3. The maximum absolute atomic E-state index is 11.3. The van der Waals surface area contributed by atoms with Crippen LogP contribution in [0.5, 0.6) is 0 Å². The zero-order valence-corrected chi connectivity index (χ0v) is 19.4. The van der Waals surface area contributed by atoms with E-state index in [1.807, 2.05) is 13.2 Å². The van der Waals surface area contributed by atoms with Gasteiger partial charge in [-0.05, 0) is 43.9 Å². The molecule has 1 aromatic carbocycles. The third kappa shape index (κ3) is 5.69. The summed E-state index contributed by atoms with van der Waals surface area (Å²) in [6.07, 6.45) is 9.24. The minimum absolute atomic E-state index is 0.0212. The fraction of sp³-hybridized carbons (Fsp3) is 0.364. The van der Waals surface area contributed by atoms with E-state index in [1.165, 1.54) is 0 Å². The molecule has 0 unspecified atom stereocenters. The Morgan fingerprint density at radius 2 is 1.75 bits per heavy atom. The van der Waals surface area contributed by atoms with Crippen molar-refractivity contribution >= 4 is 46.6 Å². The lowest BCUT2D eigenvalue weighted by atomic mass is 9.91. The lowest BCUT2D eigenvalue weighted by Gasteiger charge is -2.30. The molecular formula is C22H25Cl2N7O. The van der Waals surface area contributed by atoms with E-state index in [-0.39, 0.29) is 18.0 Å². The second-order valence-corrected chi connectivity index (χ2v) is 8.91. The van der Waals surface area contributed by atoms with Crippen LogP contribution in [0.1, 0.15) is 32.6 Å². The number of hydrogen-bond donors (Lipinski definition) is 3. The van der Waals surface area contributed by atoms with Crippen molar-refractivity contribution in [3.05, 3.63) is 46.8 Å². The Bertz CT molecular complexity index is 1090. The number of nitrogens with one attached hydrogen (secondary N) is 3. The molecule has 0 aliphatic heterocycles. The highest BCUT2D eigenvalue weighted by Gasteiger charge is 2.23. The first-order valence-corrected chi connectivity index (χ1v) is 11.2. The van der Waals surface area contributed by atoms with Crippen LogP contribution in [-0.4, -0.2) is 37.7 Å². The van der Waals surface area contributed by atoms with Gasteiger partial charge in [0.1, 0.15) is 5.82 Å². The predicted octanol–water partition coefficient (Wildman–Crippen LogP) is 4.79. The largest absolute Gasteiger partial charge is 0.367 e. The normalized spacial score (nSPS) is 18.2. The number of carbonyl (C=O) groups excluding carboxylic acids is 1. The highest BCUT2D eigenvalue weighted by Crippen LogP contribution is 2.31. The standard InChI is InChI=1S/C22H25Cl2N7O/c1-13(32)27-17-3-5-18(6-4-17)28-21-20(14-10-26-31(2)12-14)11-25-22(30-21)29-19-8-15(23)7-16(24)9-19/h7-12,17-18H,3-6H2,1-2H3,(H,27,32)(H2,25,28,29,30)/t17-,18+. The number of halogens is 2. The second kappa shape index (κ2) is 9.75. The minimum atomic E-state index is 0.0212. The SMILES string of the molecule is CC(=O)N[C@H]1CC[C@@H](Nc2nc(Nc3cc(Cl)cc(Cl)c3)ncc2-c2cnn(C)c2)CC1. The number of rotatable bonds is 6. The zero-order valence-electron chi connectivity index (χ0n) is 17.9. The molecule has 3 aromatic rings. The molecule has 4 rings (SSSR count). The van der Waals surface area contributed by atoms with Gasteiger partial charge in [-0.1, -0.05) is 23.2 Å². The van der Waals surface area contributed by atoms with E-state index >= 15 is 0 Å². The van der Waals surface area contributed by atoms with E-state index in [0.29, 0.717) is 21.7 Å². The van der Waals surface area contributed by atoms with Crippen molar-refractivity contribution in [1.82, 2.24) is 25.1 Å². The van der Waals surface area contributed by atoms with Gasteiger partial charge in [-0.15, -0.1) is 0 Å². The summed E-state index contributed by atoms with van der Waals surface area (Å²) < 4.78 is 1.75. The number of nitrogens with zero attached hydrogens (tertiary/aromatic N) is 4. The molecule has 0 radical (unpaired) electrons. The number of carbonyl (C=O) groups is 1. The first-order chi connectivity index (χ1) is 15.4. The predicted molar refractivity (Wildman–Crippen MR) is 127 cm³/mol. The summed E-state index contributed by atoms with van der Waals surface area (Å²) in [5, 5.41) is 15.1. The van der Waals surface area contributed by atoms with Crippen LogP contribution in [0.2, 0.25) is 10.0 Å². The van der Waals surface area contributed by atoms with Crippen molar-refractivity contribution in [2.24, 2.45) is 7.05 Å². The van der Waals surface area contributed by atoms with Crippen molar-refractivity contribution < 1.29 is 4.79 Å². The molecule has 1 saturated carbocycles. The van der Waals surface area contributed by atoms with Crippen molar-refractivity contribution in [1.29, 1.82) is 0 Å². The van der Waals surface area contributed by atoms with Crippen LogP contribution >= 0.6 is 23.2 Å². The number of aromatic nitrogens is 4. The molecule has 1 amide bonds. The minimum Gasteiger partial charge on any atom is -0.367 e. The maximum Gasteiger partial charge on any atom is 0.229 e. The highest BCUT2D eigenvalue weighted by molar-refractivity contribution is 6.35. The smallest absolute Gasteiger partial charge is 0.229 e. The third-order valence-electron chi connectivity index (χ3n) is 5.40. The summed E-state index contributed by atoms with van der Waals surface area (Å²) in [5.74, 6) is 1.19. The summed E-state index contributed by atoms with van der Waals surface area (Å²) in [6.45, 7) is 1.56. The van der Waals surface area contributed by atoms with Crippen molar-refractivity contribution in [3.63, 3.8) is 0 Å². The molecule has 1 fully saturated rings. The number of benzene rings is 1. The molecule has 8 nitrogen and oxygen atoms in total. The lowest BCUT2D eigenvalue weighted by Crippen LogP contribution is -2.39. The summed E-state index contributed by atoms with van der Waals surface area (Å²) in [5.41, 5.74) is 2.51. The molecule has 10 heteroatoms. The molecule has 1 aliphatic carbocycles. The highest BCUT2D eigenvalue weighted by atomic mass is 35.5. The number of amides is 1. The fourth-order valence-electron chi connectivity index (χ4n) is 3.94. The van der Waals surface area contributed by atoms with Crippen LogP contribution in [0.15, 0.2) is 36.8 Å². The monoisotopic (exact) mass is 473 g/mol. The average Bonchev–Trinajstić information content (AvgIpc) is 3.14. The van der Waals surface area contributed by atoms with E-state index in [1.54, 1.807) is 42.2 Å². The van der Waals surface area contributed by atoms with Gasteiger partial charge in [0.25, 0.3) is 0 Å². The summed E-state index contributed by atoms with van der Waals surface area (Å²) >= 11 is 12.2. The van der Waals surface area contributed by atoms with E-state index in [9.17, 15) is 4.79 Å². The summed E-state index contributed by atoms with van der Waals surface area (Å²) in [7, 11) is 1.87. The molecule has 2 heterocycles. The van der Waals surface area contributed by atoms with E-state index in [2.05, 4.69) is 26.0 Å². The van der Waals surface area contributed by atoms with Gasteiger partial charge in [0.2, 0.25) is 11.9 Å². The van der Waals surface area contributed by atoms with Crippen LogP contribution in [0.3, 0.4) is 0 Å². The fourth-order valence-corrected chi connectivity index (χ4v) is 4.47. The molecule has 3 N–H and O–H groups in total. The third-order valence-corrected chi connectivity index (χ3v) is 5.84. The Hall–Kier alpha value is -2.84. The Balaban J connectivity index is 1.56. The van der Waals surface area contributed by atoms with Gasteiger partial charge in [-0.25, -0.2) is 4.98 Å². The topological polar surface area (TPSA) is 96.8 Å². The van der Waals surface area contributed by atoms with Gasteiger partial charge in [-0.3, -0.25) is 9.48 Å². The number of aryl methyl sites for hydroxylation is 1. The van der Waals surface area contributed by atoms with E-state index < -0.39 is 0 Å². The quantitative estimate of drug-likeness (QED) is 0.476. The first kappa shape index (κ1) is 22.4. The molecule has 32 heavy (non-hydrogen) atoms. The van der Waals surface area contributed by atoms with Gasteiger partial charge >= 0.3 is 0 Å². The van der Waals surface area contributed by atoms with Crippen LogP contribution < -0.4 is 16.0 Å². The molecule has 0 bridgehead atoms. The van der Waals surface area contributed by atoms with Crippen LogP contribution in [0.4, 0.5) is 17.5 Å². The first-order valence-electron chi connectivity index (χ1n) is 10.5. The zero-order chi connectivity index (χ0) is 22.7. The second-order valence-electron chi connectivity index (χ2n) is 8.04. The van der Waals surface area contributed by atoms with Crippen LogP contribution in [-0.2, 0) is 11.8 Å². The lowest BCUT2D eigenvalue weighted by molar-refractivity contribution is -0.119. The Kier molecular flexibility index (Phi) is 6.81. The summed E-state index contributed by atoms with van der Waals surface area (Å²) in [4.78, 5) is 20.6. The van der Waals surface area contributed by atoms with Gasteiger partial charge in [-0.2, -0.15) is 10.1 Å². The van der Waals surface area contributed by atoms with E-state index in [0.717, 1.165) is 42.6 Å². The van der Waals surface area contributed by atoms with Gasteiger partial charge in [0.05, 0.1) is 6.20 Å². The van der Waals surface area contributed by atoms with Gasteiger partial charge in [0, 0.05) is 65.3 Å². The Labute approximate surface area is 196 Å². The van der Waals surface area contributed by atoms with Gasteiger partial charge < -0.3 is 16.0 Å². The van der Waals surface area contributed by atoms with Crippen LogP contribution in [0, 0.1) is 0 Å². The number of hydrogen-bond acceptors (Lipinski definition) is 6.